The number of methoxy groups -OCH3 is 1. The van der Waals surface area contributed by atoms with Crippen LogP contribution in [0.4, 0.5) is 47.7 Å². The molecule has 20 heteroatoms. The zero-order valence-corrected chi connectivity index (χ0v) is 36.0. The molecule has 1 unspecified atom stereocenters. The Morgan fingerprint density at radius 1 is 0.938 bits per heavy atom. The van der Waals surface area contributed by atoms with Crippen LogP contribution in [0, 0.1) is 5.82 Å². The Morgan fingerprint density at radius 3 is 2.39 bits per heavy atom. The lowest BCUT2D eigenvalue weighted by Crippen LogP contribution is -2.49. The average Bonchev–Trinajstić information content (AvgIpc) is 3.82. The molecule has 0 spiro atoms. The minimum Gasteiger partial charge on any atom is -0.495 e. The van der Waals surface area contributed by atoms with Gasteiger partial charge in [0.15, 0.2) is 5.82 Å². The van der Waals surface area contributed by atoms with Gasteiger partial charge in [-0.1, -0.05) is 12.8 Å². The number of hydrogen-bond donors (Lipinski definition) is 4. The second-order valence-electron chi connectivity index (χ2n) is 17.1. The van der Waals surface area contributed by atoms with Crippen LogP contribution < -0.4 is 40.7 Å². The van der Waals surface area contributed by atoms with Gasteiger partial charge < -0.3 is 40.3 Å². The Hall–Kier alpha value is -6.18. The Kier molecular flexibility index (Phi) is 13.1. The molecule has 5 aliphatic rings. The predicted molar refractivity (Wildman–Crippen MR) is 233 cm³/mol. The number of likely N-dealkylation sites (tertiary alicyclic amines) is 1. The summed E-state index contributed by atoms with van der Waals surface area (Å²) < 4.78 is 50.9. The number of halogens is 3. The summed E-state index contributed by atoms with van der Waals surface area (Å²) in [5.41, 5.74) is 1.95. The highest BCUT2D eigenvalue weighted by molar-refractivity contribution is 6.02. The number of piperidine rings is 2. The number of imide groups is 1. The number of alkyl halides is 2. The van der Waals surface area contributed by atoms with Gasteiger partial charge in [0.05, 0.1) is 31.2 Å². The van der Waals surface area contributed by atoms with Crippen LogP contribution in [0.15, 0.2) is 42.6 Å². The van der Waals surface area contributed by atoms with E-state index in [0.29, 0.717) is 99.9 Å². The molecule has 0 bridgehead atoms. The molecular weight excluding hydrogens is 836 g/mol. The Bertz CT molecular complexity index is 2260. The predicted octanol–water partition coefficient (Wildman–Crippen LogP) is 3.88. The van der Waals surface area contributed by atoms with Gasteiger partial charge in [0.1, 0.15) is 23.3 Å². The second-order valence-corrected chi connectivity index (χ2v) is 17.1. The highest BCUT2D eigenvalue weighted by atomic mass is 19.3. The van der Waals surface area contributed by atoms with Crippen LogP contribution in [0.25, 0.3) is 0 Å². The Morgan fingerprint density at radius 2 is 1.69 bits per heavy atom. The fourth-order valence-corrected chi connectivity index (χ4v) is 9.21. The molecule has 4 fully saturated rings. The van der Waals surface area contributed by atoms with Gasteiger partial charge in [-0.25, -0.2) is 9.37 Å². The smallest absolute Gasteiger partial charge is 0.342 e. The standard InChI is InChI=1S/C44H54F3N11O6/c1-54-35-25-48-43(53-39(35)58(30-5-3-4-6-30)26-44(46,47)42(54)63)51-32-9-7-27(23-36(32)64-2)40(61)50-28-13-17-57(18-14-28)38(60)15-16-55-19-21-56(22-20-55)34-11-8-29(24-31(34)45)49-33-10-12-37(59)52-41(33)62/h7-9,11,23-25,28,30,33,49H,3-6,10,12-22,26H2,1-2H3,(H,50,61)(H,48,51,53)(H,52,59,62). The number of carbonyl (C=O) groups is 5. The minimum absolute atomic E-state index is 0.0494. The molecule has 1 aromatic heterocycles. The zero-order valence-electron chi connectivity index (χ0n) is 36.0. The van der Waals surface area contributed by atoms with Crippen LogP contribution in [0.5, 0.6) is 5.75 Å². The summed E-state index contributed by atoms with van der Waals surface area (Å²) in [4.78, 5) is 80.2. The molecule has 3 saturated heterocycles. The number of nitrogens with zero attached hydrogens (tertiary/aromatic N) is 7. The maximum absolute atomic E-state index is 15.2. The minimum atomic E-state index is -3.59. The summed E-state index contributed by atoms with van der Waals surface area (Å²) in [5, 5.41) is 11.5. The summed E-state index contributed by atoms with van der Waals surface area (Å²) >= 11 is 0. The van der Waals surface area contributed by atoms with E-state index in [0.717, 1.165) is 30.6 Å². The highest BCUT2D eigenvalue weighted by Gasteiger charge is 2.49. The molecule has 64 heavy (non-hydrogen) atoms. The van der Waals surface area contributed by atoms with E-state index in [1.54, 1.807) is 30.3 Å². The van der Waals surface area contributed by atoms with E-state index < -0.39 is 36.1 Å². The molecule has 4 aliphatic heterocycles. The maximum atomic E-state index is 15.2. The Balaban J connectivity index is 0.788. The number of amides is 5. The normalized spacial score (nSPS) is 21.0. The van der Waals surface area contributed by atoms with Crippen LogP contribution in [0.1, 0.15) is 68.1 Å². The van der Waals surface area contributed by atoms with Crippen molar-refractivity contribution < 1.29 is 41.9 Å². The third kappa shape index (κ3) is 9.80. The van der Waals surface area contributed by atoms with Crippen LogP contribution in [0.2, 0.25) is 0 Å². The van der Waals surface area contributed by atoms with E-state index >= 15 is 13.2 Å². The van der Waals surface area contributed by atoms with Crippen molar-refractivity contribution in [3.05, 3.63) is 54.0 Å². The van der Waals surface area contributed by atoms with E-state index in [9.17, 15) is 24.0 Å². The van der Waals surface area contributed by atoms with Crippen molar-refractivity contribution >= 4 is 64.1 Å². The molecular formula is C44H54F3N11O6. The number of aromatic nitrogens is 2. The lowest BCUT2D eigenvalue weighted by atomic mass is 10.0. The second kappa shape index (κ2) is 18.9. The van der Waals surface area contributed by atoms with Crippen molar-refractivity contribution in [2.24, 2.45) is 0 Å². The van der Waals surface area contributed by atoms with Gasteiger partial charge >= 0.3 is 5.92 Å². The molecule has 0 radical (unpaired) electrons. The summed E-state index contributed by atoms with van der Waals surface area (Å²) in [7, 11) is 2.76. The maximum Gasteiger partial charge on any atom is 0.342 e. The lowest BCUT2D eigenvalue weighted by molar-refractivity contribution is -0.140. The summed E-state index contributed by atoms with van der Waals surface area (Å²) in [5.74, 6) is -5.58. The van der Waals surface area contributed by atoms with Crippen LogP contribution in [-0.4, -0.2) is 140 Å². The van der Waals surface area contributed by atoms with Crippen molar-refractivity contribution in [1.29, 1.82) is 0 Å². The molecule has 17 nitrogen and oxygen atoms in total. The number of piperazine rings is 1. The topological polar surface area (TPSA) is 185 Å². The first kappa shape index (κ1) is 44.4. The fraction of sp³-hybridized carbons (Fsp3) is 0.523. The molecule has 4 N–H and O–H groups in total. The number of fused-ring (bicyclic) bond motifs is 1. The summed E-state index contributed by atoms with van der Waals surface area (Å²) in [6.07, 6.45) is 6.74. The van der Waals surface area contributed by atoms with Gasteiger partial charge in [0.2, 0.25) is 23.7 Å². The van der Waals surface area contributed by atoms with Crippen molar-refractivity contribution in [2.75, 3.05) is 91.8 Å². The summed E-state index contributed by atoms with van der Waals surface area (Å²) in [6.45, 7) is 3.37. The number of benzene rings is 2. The van der Waals surface area contributed by atoms with Crippen LogP contribution in [-0.2, 0) is 19.2 Å². The molecule has 342 valence electrons. The van der Waals surface area contributed by atoms with Crippen LogP contribution >= 0.6 is 0 Å². The molecule has 5 amide bonds. The molecule has 5 heterocycles. The van der Waals surface area contributed by atoms with E-state index in [-0.39, 0.29) is 53.7 Å². The number of anilines is 6. The van der Waals surface area contributed by atoms with Gasteiger partial charge in [0.25, 0.3) is 11.8 Å². The van der Waals surface area contributed by atoms with Crippen molar-refractivity contribution in [1.82, 2.24) is 30.4 Å². The number of carbonyl (C=O) groups excluding carboxylic acids is 5. The van der Waals surface area contributed by atoms with E-state index in [1.165, 1.54) is 31.3 Å². The largest absolute Gasteiger partial charge is 0.495 e. The first-order valence-corrected chi connectivity index (χ1v) is 22.0. The van der Waals surface area contributed by atoms with Crippen molar-refractivity contribution in [3.8, 4) is 5.75 Å². The number of ether oxygens (including phenoxy) is 1. The highest BCUT2D eigenvalue weighted by Crippen LogP contribution is 2.40. The van der Waals surface area contributed by atoms with Crippen molar-refractivity contribution in [2.45, 2.75) is 81.8 Å². The molecule has 2 aromatic carbocycles. The first-order chi connectivity index (χ1) is 30.8. The molecule has 3 aromatic rings. The number of rotatable bonds is 12. The molecule has 1 aliphatic carbocycles. The third-order valence-corrected chi connectivity index (χ3v) is 12.9. The average molecular weight is 890 g/mol. The van der Waals surface area contributed by atoms with Gasteiger partial charge in [-0.05, 0) is 68.5 Å². The zero-order chi connectivity index (χ0) is 45.1. The molecule has 1 atom stereocenters. The van der Waals surface area contributed by atoms with E-state index in [2.05, 4.69) is 36.1 Å². The van der Waals surface area contributed by atoms with E-state index in [4.69, 9.17) is 4.74 Å². The quantitative estimate of drug-likeness (QED) is 0.193. The van der Waals surface area contributed by atoms with Crippen molar-refractivity contribution in [3.63, 3.8) is 0 Å². The molecule has 8 rings (SSSR count). The fourth-order valence-electron chi connectivity index (χ4n) is 9.21. The first-order valence-electron chi connectivity index (χ1n) is 22.0. The monoisotopic (exact) mass is 889 g/mol. The van der Waals surface area contributed by atoms with Gasteiger partial charge in [-0.2, -0.15) is 13.8 Å². The van der Waals surface area contributed by atoms with Crippen LogP contribution in [0.3, 0.4) is 0 Å². The molecule has 1 saturated carbocycles. The van der Waals surface area contributed by atoms with E-state index in [1.807, 2.05) is 9.80 Å². The Labute approximate surface area is 369 Å². The SMILES string of the molecule is COc1cc(C(=O)NC2CCN(C(=O)CCN3CCN(c4ccc(NC5CCC(=O)NC5=O)cc4F)CC3)CC2)ccc1Nc1ncc2c(n1)N(C1CCCC1)CC(F)(F)C(=O)N2C. The van der Waals surface area contributed by atoms with Gasteiger partial charge in [-0.15, -0.1) is 0 Å². The summed E-state index contributed by atoms with van der Waals surface area (Å²) in [6, 6.07) is 8.76. The third-order valence-electron chi connectivity index (χ3n) is 12.9. The van der Waals surface area contributed by atoms with Gasteiger partial charge in [-0.3, -0.25) is 34.2 Å². The van der Waals surface area contributed by atoms with Gasteiger partial charge in [0, 0.05) is 89.0 Å². The number of nitrogens with one attached hydrogen (secondary N) is 4. The number of hydrogen-bond acceptors (Lipinski definition) is 13. The lowest BCUT2D eigenvalue weighted by Gasteiger charge is -2.37.